The molecule has 1 aromatic carbocycles. The van der Waals surface area contributed by atoms with Crippen LogP contribution in [0.5, 0.6) is 0 Å². The molecule has 21 heavy (non-hydrogen) atoms. The summed E-state index contributed by atoms with van der Waals surface area (Å²) >= 11 is 0. The van der Waals surface area contributed by atoms with E-state index < -0.39 is 17.9 Å². The number of carbonyl (C=O) groups excluding carboxylic acids is 1. The Morgan fingerprint density at radius 1 is 1.33 bits per heavy atom. The minimum atomic E-state index is -1.02. The number of fused-ring (bicyclic) bond motifs is 1. The fraction of sp³-hybridized carbons (Fsp3) is 0.375. The molecule has 1 heterocycles. The Bertz CT molecular complexity index is 659. The van der Waals surface area contributed by atoms with E-state index in [0.717, 1.165) is 23.8 Å². The second kappa shape index (κ2) is 6.43. The SMILES string of the molecule is CCCCC(NC(=O)c1oc2ccccc2c1C)C(=O)O. The zero-order valence-electron chi connectivity index (χ0n) is 12.2. The number of hydrogen-bond acceptors (Lipinski definition) is 3. The number of nitrogens with one attached hydrogen (secondary N) is 1. The van der Waals surface area contributed by atoms with E-state index in [4.69, 9.17) is 9.52 Å². The first-order valence-corrected chi connectivity index (χ1v) is 7.06. The molecule has 0 saturated heterocycles. The first kappa shape index (κ1) is 15.1. The summed E-state index contributed by atoms with van der Waals surface area (Å²) in [5.74, 6) is -1.32. The van der Waals surface area contributed by atoms with Gasteiger partial charge in [-0.3, -0.25) is 4.79 Å². The van der Waals surface area contributed by atoms with Crippen LogP contribution in [0.3, 0.4) is 0 Å². The fourth-order valence-electron chi connectivity index (χ4n) is 2.28. The lowest BCUT2D eigenvalue weighted by atomic mass is 10.1. The van der Waals surface area contributed by atoms with Gasteiger partial charge in [-0.25, -0.2) is 4.79 Å². The molecule has 1 aromatic heterocycles. The van der Waals surface area contributed by atoms with Crippen molar-refractivity contribution < 1.29 is 19.1 Å². The second-order valence-corrected chi connectivity index (χ2v) is 5.06. The molecule has 1 atom stereocenters. The van der Waals surface area contributed by atoms with E-state index in [2.05, 4.69) is 5.32 Å². The highest BCUT2D eigenvalue weighted by atomic mass is 16.4. The number of carbonyl (C=O) groups is 2. The molecule has 0 saturated carbocycles. The van der Waals surface area contributed by atoms with Crippen LogP contribution in [0.15, 0.2) is 28.7 Å². The summed E-state index contributed by atoms with van der Waals surface area (Å²) in [5.41, 5.74) is 1.35. The third-order valence-electron chi connectivity index (χ3n) is 3.50. The van der Waals surface area contributed by atoms with Crippen LogP contribution in [0.2, 0.25) is 0 Å². The van der Waals surface area contributed by atoms with E-state index in [0.29, 0.717) is 12.0 Å². The molecule has 112 valence electrons. The number of carboxylic acids is 1. The Morgan fingerprint density at radius 3 is 2.67 bits per heavy atom. The fourth-order valence-corrected chi connectivity index (χ4v) is 2.28. The van der Waals surface area contributed by atoms with Gasteiger partial charge in [0.15, 0.2) is 5.76 Å². The highest BCUT2D eigenvalue weighted by Gasteiger charge is 2.24. The molecule has 1 amide bonds. The zero-order valence-corrected chi connectivity index (χ0v) is 12.2. The van der Waals surface area contributed by atoms with Crippen LogP contribution >= 0.6 is 0 Å². The van der Waals surface area contributed by atoms with E-state index in [9.17, 15) is 9.59 Å². The van der Waals surface area contributed by atoms with Crippen molar-refractivity contribution in [2.24, 2.45) is 0 Å². The van der Waals surface area contributed by atoms with Crippen LogP contribution < -0.4 is 5.32 Å². The summed E-state index contributed by atoms with van der Waals surface area (Å²) in [7, 11) is 0. The lowest BCUT2D eigenvalue weighted by molar-refractivity contribution is -0.139. The summed E-state index contributed by atoms with van der Waals surface area (Å²) in [6, 6.07) is 6.47. The van der Waals surface area contributed by atoms with Gasteiger partial charge in [-0.05, 0) is 19.4 Å². The number of benzene rings is 1. The number of furan rings is 1. The molecule has 0 aliphatic carbocycles. The highest BCUT2D eigenvalue weighted by molar-refractivity contribution is 6.00. The molecule has 0 aliphatic rings. The molecule has 5 nitrogen and oxygen atoms in total. The molecule has 0 fully saturated rings. The second-order valence-electron chi connectivity index (χ2n) is 5.06. The molecule has 0 bridgehead atoms. The number of para-hydroxylation sites is 1. The summed E-state index contributed by atoms with van der Waals surface area (Å²) in [6.45, 7) is 3.77. The molecule has 2 rings (SSSR count). The molecule has 1 unspecified atom stereocenters. The van der Waals surface area contributed by atoms with Crippen molar-refractivity contribution in [3.63, 3.8) is 0 Å². The van der Waals surface area contributed by atoms with Gasteiger partial charge in [0.25, 0.3) is 5.91 Å². The predicted molar refractivity (Wildman–Crippen MR) is 79.4 cm³/mol. The van der Waals surface area contributed by atoms with Gasteiger partial charge < -0.3 is 14.8 Å². The van der Waals surface area contributed by atoms with Gasteiger partial charge in [-0.15, -0.1) is 0 Å². The lowest BCUT2D eigenvalue weighted by Gasteiger charge is -2.13. The number of amides is 1. The summed E-state index contributed by atoms with van der Waals surface area (Å²) in [5, 5.41) is 12.6. The minimum Gasteiger partial charge on any atom is -0.480 e. The quantitative estimate of drug-likeness (QED) is 0.856. The Balaban J connectivity index is 2.21. The van der Waals surface area contributed by atoms with Crippen molar-refractivity contribution in [1.82, 2.24) is 5.32 Å². The monoisotopic (exact) mass is 289 g/mol. The highest BCUT2D eigenvalue weighted by Crippen LogP contribution is 2.24. The van der Waals surface area contributed by atoms with Gasteiger partial charge in [0.2, 0.25) is 0 Å². The molecule has 5 heteroatoms. The van der Waals surface area contributed by atoms with Crippen molar-refractivity contribution in [1.29, 1.82) is 0 Å². The van der Waals surface area contributed by atoms with Crippen LogP contribution in [-0.2, 0) is 4.79 Å². The number of carboxylic acid groups (broad SMARTS) is 1. The van der Waals surface area contributed by atoms with Gasteiger partial charge in [0.05, 0.1) is 0 Å². The largest absolute Gasteiger partial charge is 0.480 e. The predicted octanol–water partition coefficient (Wildman–Crippen LogP) is 3.11. The third kappa shape index (κ3) is 3.24. The van der Waals surface area contributed by atoms with Crippen LogP contribution in [0.1, 0.15) is 42.3 Å². The molecular formula is C16H19NO4. The number of aryl methyl sites for hydroxylation is 1. The van der Waals surface area contributed by atoms with Gasteiger partial charge in [-0.1, -0.05) is 38.0 Å². The molecule has 0 aliphatic heterocycles. The van der Waals surface area contributed by atoms with Crippen LogP contribution in [0, 0.1) is 6.92 Å². The summed E-state index contributed by atoms with van der Waals surface area (Å²) < 4.78 is 5.54. The van der Waals surface area contributed by atoms with Crippen molar-refractivity contribution in [2.45, 2.75) is 39.2 Å². The molecule has 0 spiro atoms. The standard InChI is InChI=1S/C16H19NO4/c1-3-4-8-12(16(19)20)17-15(18)14-10(2)11-7-5-6-9-13(11)21-14/h5-7,9,12H,3-4,8H2,1-2H3,(H,17,18)(H,19,20). The van der Waals surface area contributed by atoms with Crippen molar-refractivity contribution in [3.8, 4) is 0 Å². The Hall–Kier alpha value is -2.30. The Labute approximate surface area is 122 Å². The van der Waals surface area contributed by atoms with Crippen molar-refractivity contribution in [3.05, 3.63) is 35.6 Å². The Morgan fingerprint density at radius 2 is 2.05 bits per heavy atom. The van der Waals surface area contributed by atoms with Crippen LogP contribution in [0.4, 0.5) is 0 Å². The minimum absolute atomic E-state index is 0.180. The average molecular weight is 289 g/mol. The van der Waals surface area contributed by atoms with Gasteiger partial charge in [0.1, 0.15) is 11.6 Å². The molecule has 2 N–H and O–H groups in total. The van der Waals surface area contributed by atoms with E-state index >= 15 is 0 Å². The normalized spacial score (nSPS) is 12.3. The number of rotatable bonds is 6. The summed E-state index contributed by atoms with van der Waals surface area (Å²) in [6.07, 6.45) is 2.04. The van der Waals surface area contributed by atoms with Crippen molar-refractivity contribution >= 4 is 22.8 Å². The topological polar surface area (TPSA) is 79.5 Å². The van der Waals surface area contributed by atoms with Gasteiger partial charge in [0, 0.05) is 10.9 Å². The van der Waals surface area contributed by atoms with Gasteiger partial charge >= 0.3 is 5.97 Å². The average Bonchev–Trinajstić information content (AvgIpc) is 2.81. The lowest BCUT2D eigenvalue weighted by Crippen LogP contribution is -2.40. The number of unbranched alkanes of at least 4 members (excludes halogenated alkanes) is 1. The van der Waals surface area contributed by atoms with Gasteiger partial charge in [-0.2, -0.15) is 0 Å². The molecule has 2 aromatic rings. The molecular weight excluding hydrogens is 270 g/mol. The summed E-state index contributed by atoms with van der Waals surface area (Å²) in [4.78, 5) is 23.4. The Kier molecular flexibility index (Phi) is 4.62. The van der Waals surface area contributed by atoms with E-state index in [1.54, 1.807) is 13.0 Å². The first-order valence-electron chi connectivity index (χ1n) is 7.06. The van der Waals surface area contributed by atoms with E-state index in [1.807, 2.05) is 25.1 Å². The van der Waals surface area contributed by atoms with E-state index in [1.165, 1.54) is 0 Å². The smallest absolute Gasteiger partial charge is 0.326 e. The molecule has 0 radical (unpaired) electrons. The van der Waals surface area contributed by atoms with Crippen LogP contribution in [0.25, 0.3) is 11.0 Å². The third-order valence-corrected chi connectivity index (χ3v) is 3.50. The number of hydrogen-bond donors (Lipinski definition) is 2. The number of aliphatic carboxylic acids is 1. The zero-order chi connectivity index (χ0) is 15.4. The first-order chi connectivity index (χ1) is 10.0. The maximum atomic E-state index is 12.2. The van der Waals surface area contributed by atoms with E-state index in [-0.39, 0.29) is 5.76 Å². The maximum Gasteiger partial charge on any atom is 0.326 e. The van der Waals surface area contributed by atoms with Crippen LogP contribution in [-0.4, -0.2) is 23.0 Å². The van der Waals surface area contributed by atoms with Crippen molar-refractivity contribution in [2.75, 3.05) is 0 Å². The maximum absolute atomic E-state index is 12.2.